The lowest BCUT2D eigenvalue weighted by Crippen LogP contribution is -2.35. The van der Waals surface area contributed by atoms with Crippen molar-refractivity contribution in [2.75, 3.05) is 13.6 Å². The summed E-state index contributed by atoms with van der Waals surface area (Å²) in [5.74, 6) is 0.778. The van der Waals surface area contributed by atoms with Gasteiger partial charge in [0.05, 0.1) is 12.3 Å². The van der Waals surface area contributed by atoms with E-state index in [2.05, 4.69) is 10.6 Å². The highest BCUT2D eigenvalue weighted by atomic mass is 16.3. The van der Waals surface area contributed by atoms with Crippen molar-refractivity contribution >= 4 is 5.91 Å². The van der Waals surface area contributed by atoms with Gasteiger partial charge in [0, 0.05) is 12.5 Å². The molecule has 2 N–H and O–H groups in total. The van der Waals surface area contributed by atoms with Gasteiger partial charge in [0.25, 0.3) is 0 Å². The molecule has 1 aromatic heterocycles. The number of hydrogen-bond donors (Lipinski definition) is 2. The maximum absolute atomic E-state index is 11.6. The molecule has 1 heterocycles. The normalized spacial score (nSPS) is 14.6. The van der Waals surface area contributed by atoms with Gasteiger partial charge in [-0.3, -0.25) is 4.79 Å². The number of carbonyl (C=O) groups excluding carboxylic acids is 1. The quantitative estimate of drug-likeness (QED) is 0.770. The van der Waals surface area contributed by atoms with Gasteiger partial charge in [0.1, 0.15) is 5.76 Å². The third-order valence-corrected chi connectivity index (χ3v) is 2.29. The Hall–Kier alpha value is -1.29. The highest BCUT2D eigenvalue weighted by Crippen LogP contribution is 2.12. The first kappa shape index (κ1) is 11.8. The van der Waals surface area contributed by atoms with Gasteiger partial charge in [0.15, 0.2) is 0 Å². The summed E-state index contributed by atoms with van der Waals surface area (Å²) in [4.78, 5) is 11.6. The van der Waals surface area contributed by atoms with E-state index in [-0.39, 0.29) is 17.9 Å². The Kier molecular flexibility index (Phi) is 4.37. The molecule has 0 bridgehead atoms. The molecule has 2 atom stereocenters. The van der Waals surface area contributed by atoms with Crippen LogP contribution < -0.4 is 10.6 Å². The molecule has 4 heteroatoms. The van der Waals surface area contributed by atoms with Crippen molar-refractivity contribution in [1.82, 2.24) is 10.6 Å². The summed E-state index contributed by atoms with van der Waals surface area (Å²) in [6, 6.07) is 3.59. The third-order valence-electron chi connectivity index (χ3n) is 2.29. The molecule has 0 aliphatic carbocycles. The number of rotatable bonds is 5. The number of nitrogens with one attached hydrogen (secondary N) is 2. The molecular weight excluding hydrogens is 192 g/mol. The van der Waals surface area contributed by atoms with Gasteiger partial charge in [-0.2, -0.15) is 0 Å². The standard InChI is InChI=1S/C11H18N2O2/c1-8(7-12-3)11(14)13-9(2)10-5-4-6-15-10/h4-6,8-9,12H,7H2,1-3H3,(H,13,14)/t8?,9-/m0/s1. The lowest BCUT2D eigenvalue weighted by atomic mass is 10.1. The molecule has 0 radical (unpaired) electrons. The molecular formula is C11H18N2O2. The van der Waals surface area contributed by atoms with Crippen LogP contribution in [0.15, 0.2) is 22.8 Å². The summed E-state index contributed by atoms with van der Waals surface area (Å²) in [7, 11) is 1.83. The van der Waals surface area contributed by atoms with Gasteiger partial charge in [-0.1, -0.05) is 6.92 Å². The Labute approximate surface area is 90.0 Å². The maximum Gasteiger partial charge on any atom is 0.224 e. The van der Waals surface area contributed by atoms with Crippen LogP contribution in [0.25, 0.3) is 0 Å². The van der Waals surface area contributed by atoms with E-state index in [0.29, 0.717) is 6.54 Å². The molecule has 4 nitrogen and oxygen atoms in total. The van der Waals surface area contributed by atoms with Crippen LogP contribution in [0.4, 0.5) is 0 Å². The van der Waals surface area contributed by atoms with Gasteiger partial charge < -0.3 is 15.1 Å². The minimum atomic E-state index is -0.0770. The summed E-state index contributed by atoms with van der Waals surface area (Å²) in [5, 5.41) is 5.87. The number of furan rings is 1. The fourth-order valence-electron chi connectivity index (χ4n) is 1.36. The monoisotopic (exact) mass is 210 g/mol. The minimum absolute atomic E-state index is 0.0348. The zero-order valence-electron chi connectivity index (χ0n) is 9.41. The molecule has 1 unspecified atom stereocenters. The Morgan fingerprint density at radius 3 is 2.80 bits per heavy atom. The lowest BCUT2D eigenvalue weighted by molar-refractivity contribution is -0.125. The third kappa shape index (κ3) is 3.40. The van der Waals surface area contributed by atoms with E-state index < -0.39 is 0 Å². The van der Waals surface area contributed by atoms with Gasteiger partial charge in [0.2, 0.25) is 5.91 Å². The first-order valence-electron chi connectivity index (χ1n) is 5.13. The molecule has 0 aliphatic rings. The van der Waals surface area contributed by atoms with Crippen molar-refractivity contribution in [2.45, 2.75) is 19.9 Å². The molecule has 1 rings (SSSR count). The van der Waals surface area contributed by atoms with Gasteiger partial charge in [-0.25, -0.2) is 0 Å². The predicted octanol–water partition coefficient (Wildman–Crippen LogP) is 1.31. The van der Waals surface area contributed by atoms with E-state index in [9.17, 15) is 4.79 Å². The molecule has 0 aromatic carbocycles. The van der Waals surface area contributed by atoms with E-state index in [1.165, 1.54) is 0 Å². The van der Waals surface area contributed by atoms with Crippen molar-refractivity contribution in [2.24, 2.45) is 5.92 Å². The topological polar surface area (TPSA) is 54.3 Å². The van der Waals surface area contributed by atoms with Crippen LogP contribution in [-0.4, -0.2) is 19.5 Å². The van der Waals surface area contributed by atoms with E-state index in [1.807, 2.05) is 33.0 Å². The molecule has 15 heavy (non-hydrogen) atoms. The molecule has 0 saturated carbocycles. The van der Waals surface area contributed by atoms with E-state index in [4.69, 9.17) is 4.42 Å². The Balaban J connectivity index is 2.44. The summed E-state index contributed by atoms with van der Waals surface area (Å²) in [6.07, 6.45) is 1.61. The summed E-state index contributed by atoms with van der Waals surface area (Å²) in [5.41, 5.74) is 0. The van der Waals surface area contributed by atoms with Crippen LogP contribution in [0.5, 0.6) is 0 Å². The largest absolute Gasteiger partial charge is 0.467 e. The Morgan fingerprint density at radius 1 is 1.53 bits per heavy atom. The van der Waals surface area contributed by atoms with Crippen molar-refractivity contribution in [1.29, 1.82) is 0 Å². The van der Waals surface area contributed by atoms with Crippen molar-refractivity contribution in [3.05, 3.63) is 24.2 Å². The minimum Gasteiger partial charge on any atom is -0.467 e. The van der Waals surface area contributed by atoms with Gasteiger partial charge >= 0.3 is 0 Å². The number of hydrogen-bond acceptors (Lipinski definition) is 3. The van der Waals surface area contributed by atoms with Crippen LogP contribution in [0.3, 0.4) is 0 Å². The average Bonchev–Trinajstić information content (AvgIpc) is 2.70. The van der Waals surface area contributed by atoms with Crippen LogP contribution in [-0.2, 0) is 4.79 Å². The van der Waals surface area contributed by atoms with Crippen LogP contribution in [0.1, 0.15) is 25.6 Å². The smallest absolute Gasteiger partial charge is 0.224 e. The predicted molar refractivity (Wildman–Crippen MR) is 58.4 cm³/mol. The second-order valence-corrected chi connectivity index (χ2v) is 3.70. The number of carbonyl (C=O) groups is 1. The SMILES string of the molecule is CNCC(C)C(=O)N[C@@H](C)c1ccco1. The molecule has 84 valence electrons. The molecule has 0 spiro atoms. The number of amides is 1. The lowest BCUT2D eigenvalue weighted by Gasteiger charge is -2.15. The van der Waals surface area contributed by atoms with Crippen molar-refractivity contribution in [3.63, 3.8) is 0 Å². The zero-order chi connectivity index (χ0) is 11.3. The second-order valence-electron chi connectivity index (χ2n) is 3.70. The molecule has 0 aliphatic heterocycles. The average molecular weight is 210 g/mol. The summed E-state index contributed by atoms with van der Waals surface area (Å²) < 4.78 is 5.21. The molecule has 0 saturated heterocycles. The molecule has 0 fully saturated rings. The van der Waals surface area contributed by atoms with Gasteiger partial charge in [-0.15, -0.1) is 0 Å². The van der Waals surface area contributed by atoms with Crippen LogP contribution >= 0.6 is 0 Å². The Morgan fingerprint density at radius 2 is 2.27 bits per heavy atom. The first-order valence-corrected chi connectivity index (χ1v) is 5.13. The van der Waals surface area contributed by atoms with Crippen molar-refractivity contribution in [3.8, 4) is 0 Å². The fraction of sp³-hybridized carbons (Fsp3) is 0.545. The van der Waals surface area contributed by atoms with E-state index >= 15 is 0 Å². The molecule has 1 aromatic rings. The van der Waals surface area contributed by atoms with E-state index in [1.54, 1.807) is 6.26 Å². The van der Waals surface area contributed by atoms with E-state index in [0.717, 1.165) is 5.76 Å². The zero-order valence-corrected chi connectivity index (χ0v) is 9.41. The highest BCUT2D eigenvalue weighted by Gasteiger charge is 2.16. The first-order chi connectivity index (χ1) is 7.15. The van der Waals surface area contributed by atoms with Crippen LogP contribution in [0, 0.1) is 5.92 Å². The second kappa shape index (κ2) is 5.56. The van der Waals surface area contributed by atoms with Crippen LogP contribution in [0.2, 0.25) is 0 Å². The highest BCUT2D eigenvalue weighted by molar-refractivity contribution is 5.78. The summed E-state index contributed by atoms with van der Waals surface area (Å²) >= 11 is 0. The fourth-order valence-corrected chi connectivity index (χ4v) is 1.36. The van der Waals surface area contributed by atoms with Crippen molar-refractivity contribution < 1.29 is 9.21 Å². The van der Waals surface area contributed by atoms with Gasteiger partial charge in [-0.05, 0) is 26.1 Å². The maximum atomic E-state index is 11.6. The Bertz CT molecular complexity index is 296. The summed E-state index contributed by atoms with van der Waals surface area (Å²) in [6.45, 7) is 4.47. The molecule has 1 amide bonds.